The molecule has 12 rings (SSSR count). The van der Waals surface area contributed by atoms with Gasteiger partial charge in [0.05, 0.1) is 22.1 Å². The Morgan fingerprint density at radius 2 is 0.848 bits per heavy atom. The standard InChI is InChI=1S/C44H28N2/c1-2-12-27(13-3-1)45-37-20-10-8-14-29(37)36-26-28(22-24-39(36)45)46-38-21-11-9-19-34(38)43-40(46)25-23-35-41-30-15-4-6-17-32(30)42(44(35)43)33-18-7-5-16-31(33)41/h1-26,41-42H. The fourth-order valence-electron chi connectivity index (χ4n) is 8.95. The Kier molecular flexibility index (Phi) is 4.71. The Labute approximate surface area is 266 Å². The van der Waals surface area contributed by atoms with E-state index in [0.717, 1.165) is 0 Å². The second-order valence-corrected chi connectivity index (χ2v) is 12.8. The van der Waals surface area contributed by atoms with E-state index in [0.29, 0.717) is 0 Å². The van der Waals surface area contributed by atoms with Gasteiger partial charge in [0.15, 0.2) is 0 Å². The van der Waals surface area contributed by atoms with Crippen molar-refractivity contribution >= 4 is 43.6 Å². The zero-order chi connectivity index (χ0) is 29.9. The molecule has 0 saturated heterocycles. The van der Waals surface area contributed by atoms with E-state index < -0.39 is 0 Å². The molecule has 0 fully saturated rings. The van der Waals surface area contributed by atoms with Crippen LogP contribution >= 0.6 is 0 Å². The maximum absolute atomic E-state index is 2.50. The van der Waals surface area contributed by atoms with Crippen molar-refractivity contribution in [2.24, 2.45) is 0 Å². The third-order valence-corrected chi connectivity index (χ3v) is 10.7. The molecule has 2 heteroatoms. The van der Waals surface area contributed by atoms with Crippen LogP contribution < -0.4 is 0 Å². The summed E-state index contributed by atoms with van der Waals surface area (Å²) in [7, 11) is 0. The highest BCUT2D eigenvalue weighted by molar-refractivity contribution is 6.14. The van der Waals surface area contributed by atoms with Crippen LogP contribution in [0.2, 0.25) is 0 Å². The summed E-state index contributed by atoms with van der Waals surface area (Å²) in [6.07, 6.45) is 0. The van der Waals surface area contributed by atoms with E-state index in [1.807, 2.05) is 0 Å². The van der Waals surface area contributed by atoms with E-state index in [1.54, 1.807) is 0 Å². The Balaban J connectivity index is 1.22. The molecule has 46 heavy (non-hydrogen) atoms. The Morgan fingerprint density at radius 1 is 0.326 bits per heavy atom. The predicted molar refractivity (Wildman–Crippen MR) is 190 cm³/mol. The van der Waals surface area contributed by atoms with Gasteiger partial charge >= 0.3 is 0 Å². The van der Waals surface area contributed by atoms with Crippen LogP contribution in [0.25, 0.3) is 55.0 Å². The highest BCUT2D eigenvalue weighted by Gasteiger charge is 2.42. The summed E-state index contributed by atoms with van der Waals surface area (Å²) in [5, 5.41) is 5.25. The topological polar surface area (TPSA) is 9.86 Å². The van der Waals surface area contributed by atoms with E-state index in [4.69, 9.17) is 0 Å². The summed E-state index contributed by atoms with van der Waals surface area (Å²) in [4.78, 5) is 0. The second kappa shape index (κ2) is 8.87. The van der Waals surface area contributed by atoms with E-state index in [2.05, 4.69) is 167 Å². The van der Waals surface area contributed by atoms with E-state index in [-0.39, 0.29) is 11.8 Å². The van der Waals surface area contributed by atoms with Crippen molar-refractivity contribution in [3.05, 3.63) is 191 Å². The number of aromatic nitrogens is 2. The Morgan fingerprint density at radius 3 is 1.57 bits per heavy atom. The van der Waals surface area contributed by atoms with Crippen molar-refractivity contribution in [2.75, 3.05) is 0 Å². The molecule has 3 aliphatic rings. The average molecular weight is 585 g/mol. The molecule has 0 atom stereocenters. The van der Waals surface area contributed by atoms with Gasteiger partial charge in [-0.3, -0.25) is 0 Å². The van der Waals surface area contributed by atoms with Gasteiger partial charge in [-0.05, 0) is 81.9 Å². The van der Waals surface area contributed by atoms with Gasteiger partial charge in [-0.1, -0.05) is 109 Å². The number of hydrogen-bond donors (Lipinski definition) is 0. The lowest BCUT2D eigenvalue weighted by molar-refractivity contribution is 0.761. The summed E-state index contributed by atoms with van der Waals surface area (Å²) in [6.45, 7) is 0. The first-order valence-corrected chi connectivity index (χ1v) is 16.2. The highest BCUT2D eigenvalue weighted by Crippen LogP contribution is 2.58. The first kappa shape index (κ1) is 24.5. The van der Waals surface area contributed by atoms with E-state index >= 15 is 0 Å². The lowest BCUT2D eigenvalue weighted by Crippen LogP contribution is -2.27. The highest BCUT2D eigenvalue weighted by atomic mass is 15.0. The smallest absolute Gasteiger partial charge is 0.0544 e. The molecule has 9 aromatic rings. The maximum atomic E-state index is 2.50. The predicted octanol–water partition coefficient (Wildman–Crippen LogP) is 10.9. The van der Waals surface area contributed by atoms with Gasteiger partial charge in [0.1, 0.15) is 0 Å². The molecule has 0 N–H and O–H groups in total. The van der Waals surface area contributed by atoms with E-state index in [9.17, 15) is 0 Å². The lowest BCUT2D eigenvalue weighted by Gasteiger charge is -2.42. The number of para-hydroxylation sites is 3. The second-order valence-electron chi connectivity index (χ2n) is 12.8. The molecule has 0 amide bonds. The minimum atomic E-state index is 0.224. The number of hydrogen-bond acceptors (Lipinski definition) is 0. The summed E-state index contributed by atoms with van der Waals surface area (Å²) in [5.41, 5.74) is 16.1. The van der Waals surface area contributed by atoms with Crippen molar-refractivity contribution in [3.8, 4) is 11.4 Å². The summed E-state index contributed by atoms with van der Waals surface area (Å²) in [5.74, 6) is 0.487. The van der Waals surface area contributed by atoms with Crippen molar-refractivity contribution in [1.82, 2.24) is 9.13 Å². The van der Waals surface area contributed by atoms with Crippen LogP contribution in [0, 0.1) is 0 Å². The minimum absolute atomic E-state index is 0.224. The van der Waals surface area contributed by atoms with Gasteiger partial charge < -0.3 is 9.13 Å². The Bertz CT molecular complexity index is 2660. The van der Waals surface area contributed by atoms with Gasteiger partial charge in [-0.2, -0.15) is 0 Å². The first-order chi connectivity index (χ1) is 22.9. The molecule has 214 valence electrons. The van der Waals surface area contributed by atoms with Crippen molar-refractivity contribution in [1.29, 1.82) is 0 Å². The van der Waals surface area contributed by atoms with Crippen molar-refractivity contribution in [3.63, 3.8) is 0 Å². The normalized spacial score (nSPS) is 16.3. The van der Waals surface area contributed by atoms with Crippen LogP contribution in [0.1, 0.15) is 45.2 Å². The third kappa shape index (κ3) is 3.01. The summed E-state index contributed by atoms with van der Waals surface area (Å²) >= 11 is 0. The van der Waals surface area contributed by atoms with E-state index in [1.165, 1.54) is 88.4 Å². The lowest BCUT2D eigenvalue weighted by atomic mass is 9.60. The van der Waals surface area contributed by atoms with Crippen LogP contribution in [0.4, 0.5) is 0 Å². The number of nitrogens with zero attached hydrogens (tertiary/aromatic N) is 2. The average Bonchev–Trinajstić information content (AvgIpc) is 3.64. The van der Waals surface area contributed by atoms with Crippen LogP contribution in [0.3, 0.4) is 0 Å². The fourth-order valence-corrected chi connectivity index (χ4v) is 8.95. The largest absolute Gasteiger partial charge is 0.309 e. The number of benzene rings is 7. The van der Waals surface area contributed by atoms with Gasteiger partial charge in [0, 0.05) is 44.8 Å². The van der Waals surface area contributed by atoms with Crippen LogP contribution in [-0.4, -0.2) is 9.13 Å². The molecule has 3 aliphatic carbocycles. The van der Waals surface area contributed by atoms with Gasteiger partial charge in [-0.25, -0.2) is 0 Å². The molecule has 0 radical (unpaired) electrons. The molecule has 7 aromatic carbocycles. The van der Waals surface area contributed by atoms with Gasteiger partial charge in [-0.15, -0.1) is 0 Å². The van der Waals surface area contributed by atoms with Crippen LogP contribution in [0.5, 0.6) is 0 Å². The summed E-state index contributed by atoms with van der Waals surface area (Å²) < 4.78 is 4.89. The maximum Gasteiger partial charge on any atom is 0.0544 e. The molecule has 0 saturated carbocycles. The van der Waals surface area contributed by atoms with Crippen molar-refractivity contribution < 1.29 is 0 Å². The van der Waals surface area contributed by atoms with Crippen LogP contribution in [-0.2, 0) is 0 Å². The zero-order valence-electron chi connectivity index (χ0n) is 25.1. The fraction of sp³-hybridized carbons (Fsp3) is 0.0455. The number of rotatable bonds is 2. The molecule has 2 aromatic heterocycles. The zero-order valence-corrected chi connectivity index (χ0v) is 25.1. The molecular weight excluding hydrogens is 556 g/mol. The Hall–Kier alpha value is -5.86. The summed E-state index contributed by atoms with van der Waals surface area (Å²) in [6, 6.07) is 58.6. The monoisotopic (exact) mass is 584 g/mol. The molecule has 2 bridgehead atoms. The van der Waals surface area contributed by atoms with Gasteiger partial charge in [0.25, 0.3) is 0 Å². The molecule has 0 aliphatic heterocycles. The molecule has 0 unspecified atom stereocenters. The van der Waals surface area contributed by atoms with Crippen molar-refractivity contribution in [2.45, 2.75) is 11.8 Å². The molecule has 0 spiro atoms. The quantitative estimate of drug-likeness (QED) is 0.191. The molecule has 2 nitrogen and oxygen atoms in total. The third-order valence-electron chi connectivity index (χ3n) is 10.7. The van der Waals surface area contributed by atoms with Crippen LogP contribution in [0.15, 0.2) is 158 Å². The SMILES string of the molecule is c1ccc(-n2c3ccccc3c3cc(-n4c5ccccc5c5c6c(ccc54)C4c5ccccc5C6c5ccccc54)ccc32)cc1. The molecule has 2 heterocycles. The minimum Gasteiger partial charge on any atom is -0.309 e. The van der Waals surface area contributed by atoms with Gasteiger partial charge in [0.2, 0.25) is 0 Å². The molecular formula is C44H28N2. The number of fused-ring (bicyclic) bond motifs is 6. The first-order valence-electron chi connectivity index (χ1n) is 16.2.